The lowest BCUT2D eigenvalue weighted by molar-refractivity contribution is -0.121. The first kappa shape index (κ1) is 24.4. The summed E-state index contributed by atoms with van der Waals surface area (Å²) in [5.74, 6) is 0.752. The third-order valence-corrected chi connectivity index (χ3v) is 8.02. The molecule has 0 aromatic heterocycles. The number of hydrogen-bond acceptors (Lipinski definition) is 5. The molecule has 1 saturated heterocycles. The highest BCUT2D eigenvalue weighted by atomic mass is 16.5. The summed E-state index contributed by atoms with van der Waals surface area (Å²) in [6, 6.07) is 10.1. The number of rotatable bonds is 6. The second-order valence-electron chi connectivity index (χ2n) is 10.3. The van der Waals surface area contributed by atoms with E-state index in [-0.39, 0.29) is 30.0 Å². The molecule has 2 fully saturated rings. The molecule has 2 aliphatic heterocycles. The third-order valence-electron chi connectivity index (χ3n) is 8.02. The van der Waals surface area contributed by atoms with Crippen molar-refractivity contribution >= 4 is 29.0 Å². The van der Waals surface area contributed by atoms with Crippen molar-refractivity contribution in [2.24, 2.45) is 5.92 Å². The fraction of sp³-hybridized carbons (Fsp3) is 0.500. The molecule has 2 heterocycles. The van der Waals surface area contributed by atoms with Crippen LogP contribution in [0.25, 0.3) is 0 Å². The lowest BCUT2D eigenvalue weighted by atomic mass is 9.84. The van der Waals surface area contributed by atoms with E-state index in [4.69, 9.17) is 9.47 Å². The normalized spacial score (nSPS) is 21.9. The van der Waals surface area contributed by atoms with Crippen molar-refractivity contribution in [3.8, 4) is 5.75 Å². The molecule has 2 aromatic rings. The van der Waals surface area contributed by atoms with E-state index >= 15 is 0 Å². The summed E-state index contributed by atoms with van der Waals surface area (Å²) < 4.78 is 10.8. The van der Waals surface area contributed by atoms with Crippen LogP contribution in [0.2, 0.25) is 0 Å². The molecule has 0 radical (unpaired) electrons. The number of fused-ring (bicyclic) bond motifs is 1. The van der Waals surface area contributed by atoms with E-state index in [1.807, 2.05) is 30.0 Å². The average molecular weight is 493 g/mol. The number of methoxy groups -OCH3 is 2. The van der Waals surface area contributed by atoms with Crippen LogP contribution in [0.3, 0.4) is 0 Å². The molecule has 3 amide bonds. The van der Waals surface area contributed by atoms with Gasteiger partial charge in [-0.25, -0.2) is 4.79 Å². The number of ether oxygens (including phenoxy) is 2. The Morgan fingerprint density at radius 3 is 2.47 bits per heavy atom. The molecular formula is C28H36N4O4. The van der Waals surface area contributed by atoms with Crippen molar-refractivity contribution in [2.45, 2.75) is 58.2 Å². The SMILES string of the molecule is COc1cc(NC(=O)C2CCC(N3Cc4c(C)cc(N5CC(OC)C5)cc4NC3=O)CC2)ccc1C. The second-order valence-corrected chi connectivity index (χ2v) is 10.3. The van der Waals surface area contributed by atoms with Gasteiger partial charge in [-0.05, 0) is 74.4 Å². The molecule has 36 heavy (non-hydrogen) atoms. The lowest BCUT2D eigenvalue weighted by Crippen LogP contribution is -2.52. The Morgan fingerprint density at radius 1 is 1.03 bits per heavy atom. The van der Waals surface area contributed by atoms with Crippen molar-refractivity contribution in [3.63, 3.8) is 0 Å². The van der Waals surface area contributed by atoms with Gasteiger partial charge in [-0.3, -0.25) is 4.79 Å². The average Bonchev–Trinajstić information content (AvgIpc) is 2.84. The predicted molar refractivity (Wildman–Crippen MR) is 141 cm³/mol. The Bertz CT molecular complexity index is 1150. The van der Waals surface area contributed by atoms with Crippen molar-refractivity contribution in [2.75, 3.05) is 42.8 Å². The highest BCUT2D eigenvalue weighted by molar-refractivity contribution is 5.94. The molecule has 8 nitrogen and oxygen atoms in total. The Hall–Kier alpha value is -3.26. The van der Waals surface area contributed by atoms with Crippen LogP contribution >= 0.6 is 0 Å². The number of nitrogens with one attached hydrogen (secondary N) is 2. The van der Waals surface area contributed by atoms with Gasteiger partial charge in [-0.2, -0.15) is 0 Å². The van der Waals surface area contributed by atoms with Gasteiger partial charge in [0.1, 0.15) is 5.75 Å². The number of amides is 3. The minimum atomic E-state index is -0.0505. The van der Waals surface area contributed by atoms with E-state index in [2.05, 4.69) is 34.6 Å². The van der Waals surface area contributed by atoms with Crippen LogP contribution in [0.5, 0.6) is 5.75 Å². The highest BCUT2D eigenvalue weighted by Crippen LogP contribution is 2.37. The number of nitrogens with zero attached hydrogens (tertiary/aromatic N) is 2. The van der Waals surface area contributed by atoms with Crippen molar-refractivity contribution < 1.29 is 19.1 Å². The molecule has 0 bridgehead atoms. The standard InChI is InChI=1S/C28H36N4O4/c1-17-5-8-20(12-26(17)36-4)29-27(33)19-6-9-21(10-7-19)32-16-24-18(2)11-22(13-25(24)30-28(32)34)31-14-23(15-31)35-3/h5,8,11-13,19,21,23H,6-7,9-10,14-16H2,1-4H3,(H,29,33)(H,30,34). The first-order valence-corrected chi connectivity index (χ1v) is 12.8. The summed E-state index contributed by atoms with van der Waals surface area (Å²) >= 11 is 0. The highest BCUT2D eigenvalue weighted by Gasteiger charge is 2.35. The molecule has 192 valence electrons. The minimum absolute atomic E-state index is 0.0397. The Labute approximate surface area is 212 Å². The topological polar surface area (TPSA) is 83.1 Å². The zero-order valence-electron chi connectivity index (χ0n) is 21.6. The fourth-order valence-corrected chi connectivity index (χ4v) is 5.62. The molecule has 2 aromatic carbocycles. The Balaban J connectivity index is 1.19. The largest absolute Gasteiger partial charge is 0.496 e. The minimum Gasteiger partial charge on any atom is -0.496 e. The summed E-state index contributed by atoms with van der Waals surface area (Å²) in [5, 5.41) is 6.18. The van der Waals surface area contributed by atoms with Gasteiger partial charge in [0.2, 0.25) is 5.91 Å². The van der Waals surface area contributed by atoms with Gasteiger partial charge >= 0.3 is 6.03 Å². The van der Waals surface area contributed by atoms with Crippen LogP contribution in [0.1, 0.15) is 42.4 Å². The molecular weight excluding hydrogens is 456 g/mol. The molecule has 8 heteroatoms. The third kappa shape index (κ3) is 4.74. The molecule has 1 saturated carbocycles. The maximum atomic E-state index is 13.1. The van der Waals surface area contributed by atoms with E-state index in [0.29, 0.717) is 6.54 Å². The monoisotopic (exact) mass is 492 g/mol. The van der Waals surface area contributed by atoms with Gasteiger partial charge in [-0.15, -0.1) is 0 Å². The number of benzene rings is 2. The maximum Gasteiger partial charge on any atom is 0.322 e. The first-order valence-electron chi connectivity index (χ1n) is 12.8. The number of urea groups is 1. The van der Waals surface area contributed by atoms with Gasteiger partial charge in [-0.1, -0.05) is 6.07 Å². The van der Waals surface area contributed by atoms with Crippen molar-refractivity contribution in [1.82, 2.24) is 4.90 Å². The first-order chi connectivity index (χ1) is 17.4. The summed E-state index contributed by atoms with van der Waals surface area (Å²) in [4.78, 5) is 30.2. The van der Waals surface area contributed by atoms with Crippen LogP contribution in [0.4, 0.5) is 21.9 Å². The fourth-order valence-electron chi connectivity index (χ4n) is 5.62. The van der Waals surface area contributed by atoms with Crippen LogP contribution in [-0.4, -0.2) is 56.3 Å². The number of hydrogen-bond donors (Lipinski definition) is 2. The van der Waals surface area contributed by atoms with Gasteiger partial charge < -0.3 is 29.9 Å². The van der Waals surface area contributed by atoms with Crippen LogP contribution in [0.15, 0.2) is 30.3 Å². The van der Waals surface area contributed by atoms with E-state index < -0.39 is 0 Å². The Morgan fingerprint density at radius 2 is 1.78 bits per heavy atom. The van der Waals surface area contributed by atoms with Gasteiger partial charge in [0.25, 0.3) is 0 Å². The zero-order valence-corrected chi connectivity index (χ0v) is 21.6. The molecule has 5 rings (SSSR count). The van der Waals surface area contributed by atoms with Crippen LogP contribution < -0.4 is 20.3 Å². The van der Waals surface area contributed by atoms with Gasteiger partial charge in [0.05, 0.1) is 19.8 Å². The summed E-state index contributed by atoms with van der Waals surface area (Å²) in [6.45, 7) is 6.46. The van der Waals surface area contributed by atoms with E-state index in [1.54, 1.807) is 14.2 Å². The second kappa shape index (κ2) is 10.0. The summed E-state index contributed by atoms with van der Waals surface area (Å²) in [6.07, 6.45) is 3.46. The Kier molecular flexibility index (Phi) is 6.79. The maximum absolute atomic E-state index is 13.1. The molecule has 0 spiro atoms. The number of carbonyl (C=O) groups excluding carboxylic acids is 2. The smallest absolute Gasteiger partial charge is 0.322 e. The number of aryl methyl sites for hydroxylation is 2. The van der Waals surface area contributed by atoms with Crippen LogP contribution in [0, 0.1) is 19.8 Å². The van der Waals surface area contributed by atoms with E-state index in [1.165, 1.54) is 11.1 Å². The predicted octanol–water partition coefficient (Wildman–Crippen LogP) is 4.69. The number of carbonyl (C=O) groups is 2. The molecule has 1 aliphatic carbocycles. The molecule has 0 atom stereocenters. The van der Waals surface area contributed by atoms with E-state index in [0.717, 1.165) is 67.1 Å². The molecule has 3 aliphatic rings. The van der Waals surface area contributed by atoms with Crippen molar-refractivity contribution in [3.05, 3.63) is 47.0 Å². The van der Waals surface area contributed by atoms with Gasteiger partial charge in [0, 0.05) is 55.3 Å². The summed E-state index contributed by atoms with van der Waals surface area (Å²) in [5.41, 5.74) is 6.19. The summed E-state index contributed by atoms with van der Waals surface area (Å²) in [7, 11) is 3.38. The van der Waals surface area contributed by atoms with Gasteiger partial charge in [0.15, 0.2) is 0 Å². The number of anilines is 3. The van der Waals surface area contributed by atoms with Crippen LogP contribution in [-0.2, 0) is 16.1 Å². The molecule has 0 unspecified atom stereocenters. The quantitative estimate of drug-likeness (QED) is 0.611. The van der Waals surface area contributed by atoms with E-state index in [9.17, 15) is 9.59 Å². The molecule has 2 N–H and O–H groups in total. The lowest BCUT2D eigenvalue weighted by Gasteiger charge is -2.42. The zero-order chi connectivity index (χ0) is 25.4. The van der Waals surface area contributed by atoms with Crippen molar-refractivity contribution in [1.29, 1.82) is 0 Å².